The fourth-order valence-electron chi connectivity index (χ4n) is 2.35. The summed E-state index contributed by atoms with van der Waals surface area (Å²) in [7, 11) is 0. The highest BCUT2D eigenvalue weighted by atomic mass is 14.6. The van der Waals surface area contributed by atoms with Gasteiger partial charge in [0.2, 0.25) is 0 Å². The van der Waals surface area contributed by atoms with Crippen LogP contribution >= 0.6 is 0 Å². The van der Waals surface area contributed by atoms with Gasteiger partial charge in [0, 0.05) is 6.04 Å². The predicted octanol–water partition coefficient (Wildman–Crippen LogP) is 3.81. The summed E-state index contributed by atoms with van der Waals surface area (Å²) in [4.78, 5) is 0. The number of nitrogens with two attached hydrogens (primary N) is 1. The van der Waals surface area contributed by atoms with Crippen LogP contribution < -0.4 is 5.73 Å². The quantitative estimate of drug-likeness (QED) is 0.861. The Morgan fingerprint density at radius 1 is 0.895 bits per heavy atom. The van der Waals surface area contributed by atoms with E-state index < -0.39 is 0 Å². The molecule has 1 unspecified atom stereocenters. The van der Waals surface area contributed by atoms with Gasteiger partial charge in [0.1, 0.15) is 0 Å². The van der Waals surface area contributed by atoms with Crippen LogP contribution in [-0.2, 0) is 12.8 Å². The molecule has 2 aromatic carbocycles. The molecule has 0 radical (unpaired) electrons. The summed E-state index contributed by atoms with van der Waals surface area (Å²) in [5, 5.41) is 0. The second kappa shape index (κ2) is 6.53. The Morgan fingerprint density at radius 3 is 2.32 bits per heavy atom. The van der Waals surface area contributed by atoms with E-state index >= 15 is 0 Å². The Bertz CT molecular complexity index is 513. The van der Waals surface area contributed by atoms with Crippen molar-refractivity contribution < 1.29 is 0 Å². The largest absolute Gasteiger partial charge is 0.327 e. The van der Waals surface area contributed by atoms with E-state index in [9.17, 15) is 0 Å². The van der Waals surface area contributed by atoms with Crippen LogP contribution in [0.2, 0.25) is 0 Å². The molecule has 0 spiro atoms. The van der Waals surface area contributed by atoms with Crippen molar-refractivity contribution in [3.8, 4) is 0 Å². The summed E-state index contributed by atoms with van der Waals surface area (Å²) < 4.78 is 0. The molecule has 0 saturated heterocycles. The molecule has 1 nitrogen and oxygen atoms in total. The number of hydrogen-bond acceptors (Lipinski definition) is 1. The smallest absolute Gasteiger partial charge is 0.00824 e. The average molecular weight is 253 g/mol. The zero-order valence-electron chi connectivity index (χ0n) is 11.9. The van der Waals surface area contributed by atoms with E-state index in [2.05, 4.69) is 62.4 Å². The molecule has 2 N–H and O–H groups in total. The Hall–Kier alpha value is -1.60. The molecule has 0 aliphatic heterocycles. The van der Waals surface area contributed by atoms with Gasteiger partial charge in [0.15, 0.2) is 0 Å². The van der Waals surface area contributed by atoms with Gasteiger partial charge in [-0.15, -0.1) is 0 Å². The maximum Gasteiger partial charge on any atom is 0.00824 e. The summed E-state index contributed by atoms with van der Waals surface area (Å²) in [5.41, 5.74) is 11.6. The summed E-state index contributed by atoms with van der Waals surface area (Å²) in [5.74, 6) is 0. The highest BCUT2D eigenvalue weighted by molar-refractivity contribution is 5.23. The first-order valence-electron chi connectivity index (χ1n) is 7.00. The van der Waals surface area contributed by atoms with E-state index in [1.807, 2.05) is 0 Å². The molecular weight excluding hydrogens is 230 g/mol. The third-order valence-corrected chi connectivity index (χ3v) is 3.50. The SMILES string of the molecule is Cc1ccc(CC(N)CCc2cccc(C)c2)cc1. The Labute approximate surface area is 116 Å². The minimum atomic E-state index is 0.239. The minimum absolute atomic E-state index is 0.239. The van der Waals surface area contributed by atoms with Crippen molar-refractivity contribution in [2.75, 3.05) is 0 Å². The van der Waals surface area contributed by atoms with Crippen LogP contribution in [0.5, 0.6) is 0 Å². The van der Waals surface area contributed by atoms with Gasteiger partial charge in [-0.3, -0.25) is 0 Å². The molecule has 0 aliphatic carbocycles. The lowest BCUT2D eigenvalue weighted by Crippen LogP contribution is -2.23. The van der Waals surface area contributed by atoms with Crippen molar-refractivity contribution in [2.24, 2.45) is 5.73 Å². The zero-order chi connectivity index (χ0) is 13.7. The molecule has 0 aliphatic rings. The van der Waals surface area contributed by atoms with Gasteiger partial charge in [0.25, 0.3) is 0 Å². The van der Waals surface area contributed by atoms with E-state index in [0.29, 0.717) is 0 Å². The van der Waals surface area contributed by atoms with Crippen LogP contribution in [0.3, 0.4) is 0 Å². The molecule has 0 heterocycles. The van der Waals surface area contributed by atoms with Crippen molar-refractivity contribution in [1.82, 2.24) is 0 Å². The number of hydrogen-bond donors (Lipinski definition) is 1. The lowest BCUT2D eigenvalue weighted by Gasteiger charge is -2.12. The predicted molar refractivity (Wildman–Crippen MR) is 82.4 cm³/mol. The molecular formula is C18H23N. The molecule has 1 heteroatoms. The van der Waals surface area contributed by atoms with E-state index in [-0.39, 0.29) is 6.04 Å². The Morgan fingerprint density at radius 2 is 1.63 bits per heavy atom. The van der Waals surface area contributed by atoms with Crippen LogP contribution in [0.15, 0.2) is 48.5 Å². The molecule has 2 aromatic rings. The number of rotatable bonds is 5. The molecule has 0 fully saturated rings. The van der Waals surface area contributed by atoms with Gasteiger partial charge in [0.05, 0.1) is 0 Å². The van der Waals surface area contributed by atoms with E-state index in [1.54, 1.807) is 0 Å². The van der Waals surface area contributed by atoms with Crippen LogP contribution in [0.25, 0.3) is 0 Å². The second-order valence-electron chi connectivity index (χ2n) is 5.48. The van der Waals surface area contributed by atoms with Crippen molar-refractivity contribution >= 4 is 0 Å². The van der Waals surface area contributed by atoms with Crippen LogP contribution in [-0.4, -0.2) is 6.04 Å². The maximum absolute atomic E-state index is 6.23. The second-order valence-corrected chi connectivity index (χ2v) is 5.48. The van der Waals surface area contributed by atoms with Crippen LogP contribution in [0.1, 0.15) is 28.7 Å². The topological polar surface area (TPSA) is 26.0 Å². The monoisotopic (exact) mass is 253 g/mol. The molecule has 0 aromatic heterocycles. The number of aryl methyl sites for hydroxylation is 3. The zero-order valence-corrected chi connectivity index (χ0v) is 11.9. The fourth-order valence-corrected chi connectivity index (χ4v) is 2.35. The molecule has 0 amide bonds. The van der Waals surface area contributed by atoms with Gasteiger partial charge in [-0.1, -0.05) is 59.7 Å². The van der Waals surface area contributed by atoms with E-state index in [0.717, 1.165) is 19.3 Å². The molecule has 1 atom stereocenters. The van der Waals surface area contributed by atoms with Crippen molar-refractivity contribution in [3.05, 3.63) is 70.8 Å². The third-order valence-electron chi connectivity index (χ3n) is 3.50. The van der Waals surface area contributed by atoms with Crippen LogP contribution in [0, 0.1) is 13.8 Å². The highest BCUT2D eigenvalue weighted by Gasteiger charge is 2.05. The molecule has 0 bridgehead atoms. The van der Waals surface area contributed by atoms with E-state index in [4.69, 9.17) is 5.73 Å². The first-order valence-corrected chi connectivity index (χ1v) is 7.00. The Kier molecular flexibility index (Phi) is 4.75. The van der Waals surface area contributed by atoms with Crippen LogP contribution in [0.4, 0.5) is 0 Å². The van der Waals surface area contributed by atoms with Gasteiger partial charge >= 0.3 is 0 Å². The van der Waals surface area contributed by atoms with E-state index in [1.165, 1.54) is 22.3 Å². The summed E-state index contributed by atoms with van der Waals surface area (Å²) in [6, 6.07) is 17.6. The maximum atomic E-state index is 6.23. The first kappa shape index (κ1) is 13.8. The van der Waals surface area contributed by atoms with Crippen molar-refractivity contribution in [3.63, 3.8) is 0 Å². The van der Waals surface area contributed by atoms with Crippen molar-refractivity contribution in [1.29, 1.82) is 0 Å². The lowest BCUT2D eigenvalue weighted by atomic mass is 9.98. The minimum Gasteiger partial charge on any atom is -0.327 e. The fraction of sp³-hybridized carbons (Fsp3) is 0.333. The van der Waals surface area contributed by atoms with Crippen molar-refractivity contribution in [2.45, 2.75) is 39.2 Å². The molecule has 100 valence electrons. The van der Waals surface area contributed by atoms with Gasteiger partial charge < -0.3 is 5.73 Å². The molecule has 2 rings (SSSR count). The molecule has 19 heavy (non-hydrogen) atoms. The lowest BCUT2D eigenvalue weighted by molar-refractivity contribution is 0.610. The number of benzene rings is 2. The first-order chi connectivity index (χ1) is 9.13. The Balaban J connectivity index is 1.84. The summed E-state index contributed by atoms with van der Waals surface area (Å²) >= 11 is 0. The highest BCUT2D eigenvalue weighted by Crippen LogP contribution is 2.11. The molecule has 0 saturated carbocycles. The normalized spacial score (nSPS) is 12.4. The average Bonchev–Trinajstić information content (AvgIpc) is 2.39. The van der Waals surface area contributed by atoms with Gasteiger partial charge in [-0.25, -0.2) is 0 Å². The third kappa shape index (κ3) is 4.53. The summed E-state index contributed by atoms with van der Waals surface area (Å²) in [6.07, 6.45) is 3.07. The van der Waals surface area contributed by atoms with Gasteiger partial charge in [-0.05, 0) is 44.2 Å². The summed E-state index contributed by atoms with van der Waals surface area (Å²) in [6.45, 7) is 4.25. The standard InChI is InChI=1S/C18H23N/c1-14-6-8-17(9-7-14)13-18(19)11-10-16-5-3-4-15(2)12-16/h3-9,12,18H,10-11,13,19H2,1-2H3. The van der Waals surface area contributed by atoms with Gasteiger partial charge in [-0.2, -0.15) is 0 Å².